The maximum absolute atomic E-state index is 12.4. The standard InChI is InChI=1S/C17H18N2O4/c1-3-11-8-12(10-19(2)17(11)21)16(20)18-13-4-5-14-15(9-13)23-7-6-22-14/h4-5,8-10H,3,6-7H2,1-2H3,(H,18,20). The van der Waals surface area contributed by atoms with Crippen LogP contribution in [0.3, 0.4) is 0 Å². The number of hydrogen-bond donors (Lipinski definition) is 1. The average molecular weight is 314 g/mol. The van der Waals surface area contributed by atoms with Crippen LogP contribution in [-0.2, 0) is 13.5 Å². The van der Waals surface area contributed by atoms with Crippen molar-refractivity contribution in [2.24, 2.45) is 7.05 Å². The predicted octanol–water partition coefficient (Wildman–Crippen LogP) is 1.97. The number of pyridine rings is 1. The summed E-state index contributed by atoms with van der Waals surface area (Å²) in [5.74, 6) is 1.01. The van der Waals surface area contributed by atoms with Crippen molar-refractivity contribution in [3.63, 3.8) is 0 Å². The molecule has 1 amide bonds. The van der Waals surface area contributed by atoms with E-state index in [9.17, 15) is 9.59 Å². The summed E-state index contributed by atoms with van der Waals surface area (Å²) in [7, 11) is 1.64. The van der Waals surface area contributed by atoms with Gasteiger partial charge in [0.1, 0.15) is 13.2 Å². The van der Waals surface area contributed by atoms with Crippen LogP contribution in [0.4, 0.5) is 5.69 Å². The lowest BCUT2D eigenvalue weighted by molar-refractivity contribution is 0.102. The molecule has 0 fully saturated rings. The number of aryl methyl sites for hydroxylation is 2. The van der Waals surface area contributed by atoms with Gasteiger partial charge in [0.15, 0.2) is 11.5 Å². The number of amides is 1. The van der Waals surface area contributed by atoms with Crippen LogP contribution in [0, 0.1) is 0 Å². The first-order valence-electron chi connectivity index (χ1n) is 7.49. The first-order chi connectivity index (χ1) is 11.1. The number of aromatic nitrogens is 1. The summed E-state index contributed by atoms with van der Waals surface area (Å²) in [6.07, 6.45) is 2.12. The first-order valence-corrected chi connectivity index (χ1v) is 7.49. The summed E-state index contributed by atoms with van der Waals surface area (Å²) in [5, 5.41) is 2.82. The predicted molar refractivity (Wildman–Crippen MR) is 86.4 cm³/mol. The molecule has 1 aromatic heterocycles. The van der Waals surface area contributed by atoms with Gasteiger partial charge in [0, 0.05) is 30.6 Å². The lowest BCUT2D eigenvalue weighted by atomic mass is 10.1. The third kappa shape index (κ3) is 3.06. The molecule has 1 aliphatic rings. The number of nitrogens with zero attached hydrogens (tertiary/aromatic N) is 1. The fourth-order valence-corrected chi connectivity index (χ4v) is 2.48. The molecule has 1 N–H and O–H groups in total. The molecular weight excluding hydrogens is 296 g/mol. The highest BCUT2D eigenvalue weighted by Gasteiger charge is 2.14. The van der Waals surface area contributed by atoms with Crippen LogP contribution < -0.4 is 20.3 Å². The van der Waals surface area contributed by atoms with Crippen LogP contribution in [-0.4, -0.2) is 23.7 Å². The summed E-state index contributed by atoms with van der Waals surface area (Å²) in [6.45, 7) is 2.90. The Bertz CT molecular complexity index is 811. The number of nitrogens with one attached hydrogen (secondary N) is 1. The molecule has 0 radical (unpaired) electrons. The van der Waals surface area contributed by atoms with E-state index in [0.29, 0.717) is 47.9 Å². The molecule has 120 valence electrons. The topological polar surface area (TPSA) is 69.6 Å². The van der Waals surface area contributed by atoms with E-state index in [-0.39, 0.29) is 11.5 Å². The molecular formula is C17H18N2O4. The van der Waals surface area contributed by atoms with Crippen molar-refractivity contribution in [3.05, 3.63) is 51.9 Å². The smallest absolute Gasteiger partial charge is 0.257 e. The average Bonchev–Trinajstić information content (AvgIpc) is 2.57. The van der Waals surface area contributed by atoms with Gasteiger partial charge < -0.3 is 19.4 Å². The van der Waals surface area contributed by atoms with Gasteiger partial charge in [0.25, 0.3) is 11.5 Å². The van der Waals surface area contributed by atoms with Crippen LogP contribution in [0.15, 0.2) is 35.3 Å². The monoisotopic (exact) mass is 314 g/mol. The summed E-state index contributed by atoms with van der Waals surface area (Å²) in [6, 6.07) is 6.89. The first kappa shape index (κ1) is 15.1. The zero-order valence-corrected chi connectivity index (χ0v) is 13.1. The number of carbonyl (C=O) groups is 1. The van der Waals surface area contributed by atoms with E-state index in [1.54, 1.807) is 31.3 Å². The summed E-state index contributed by atoms with van der Waals surface area (Å²) in [5.41, 5.74) is 1.59. The minimum atomic E-state index is -0.271. The SMILES string of the molecule is CCc1cc(C(=O)Nc2ccc3c(c2)OCCO3)cn(C)c1=O. The van der Waals surface area contributed by atoms with Gasteiger partial charge in [-0.15, -0.1) is 0 Å². The molecule has 0 spiro atoms. The number of anilines is 1. The third-order valence-electron chi connectivity index (χ3n) is 3.70. The van der Waals surface area contributed by atoms with Gasteiger partial charge in [-0.2, -0.15) is 0 Å². The van der Waals surface area contributed by atoms with E-state index in [1.165, 1.54) is 10.8 Å². The number of fused-ring (bicyclic) bond motifs is 1. The molecule has 6 nitrogen and oxygen atoms in total. The zero-order valence-electron chi connectivity index (χ0n) is 13.1. The molecule has 6 heteroatoms. The fourth-order valence-electron chi connectivity index (χ4n) is 2.48. The van der Waals surface area contributed by atoms with Crippen molar-refractivity contribution in [1.82, 2.24) is 4.57 Å². The van der Waals surface area contributed by atoms with Crippen molar-refractivity contribution in [2.45, 2.75) is 13.3 Å². The second-order valence-corrected chi connectivity index (χ2v) is 5.34. The Labute approximate surface area is 133 Å². The van der Waals surface area contributed by atoms with Crippen molar-refractivity contribution in [1.29, 1.82) is 0 Å². The summed E-state index contributed by atoms with van der Waals surface area (Å²) < 4.78 is 12.4. The highest BCUT2D eigenvalue weighted by atomic mass is 16.6. The molecule has 0 saturated carbocycles. The lowest BCUT2D eigenvalue weighted by Gasteiger charge is -2.19. The molecule has 3 rings (SSSR count). The highest BCUT2D eigenvalue weighted by molar-refractivity contribution is 6.04. The van der Waals surface area contributed by atoms with E-state index in [2.05, 4.69) is 5.32 Å². The molecule has 23 heavy (non-hydrogen) atoms. The van der Waals surface area contributed by atoms with Crippen LogP contribution in [0.5, 0.6) is 11.5 Å². The number of hydrogen-bond acceptors (Lipinski definition) is 4. The number of benzene rings is 1. The largest absolute Gasteiger partial charge is 0.486 e. The second-order valence-electron chi connectivity index (χ2n) is 5.34. The van der Waals surface area contributed by atoms with Gasteiger partial charge in [-0.3, -0.25) is 9.59 Å². The molecule has 2 heterocycles. The van der Waals surface area contributed by atoms with Crippen molar-refractivity contribution in [2.75, 3.05) is 18.5 Å². The number of carbonyl (C=O) groups excluding carboxylic acids is 1. The zero-order chi connectivity index (χ0) is 16.4. The number of rotatable bonds is 3. The maximum atomic E-state index is 12.4. The van der Waals surface area contributed by atoms with E-state index in [1.807, 2.05) is 6.92 Å². The molecule has 2 aromatic rings. The minimum Gasteiger partial charge on any atom is -0.486 e. The number of ether oxygens (including phenoxy) is 2. The molecule has 1 aromatic carbocycles. The van der Waals surface area contributed by atoms with Crippen molar-refractivity contribution >= 4 is 11.6 Å². The Morgan fingerprint density at radius 2 is 1.96 bits per heavy atom. The van der Waals surface area contributed by atoms with E-state index in [4.69, 9.17) is 9.47 Å². The molecule has 0 bridgehead atoms. The summed E-state index contributed by atoms with van der Waals surface area (Å²) in [4.78, 5) is 24.3. The quantitative estimate of drug-likeness (QED) is 0.940. The van der Waals surface area contributed by atoms with Crippen LogP contribution in [0.1, 0.15) is 22.8 Å². The van der Waals surface area contributed by atoms with Gasteiger partial charge in [0.2, 0.25) is 0 Å². The van der Waals surface area contributed by atoms with Gasteiger partial charge in [-0.05, 0) is 24.6 Å². The summed E-state index contributed by atoms with van der Waals surface area (Å²) >= 11 is 0. The molecule has 0 aliphatic carbocycles. The minimum absolute atomic E-state index is 0.0802. The lowest BCUT2D eigenvalue weighted by Crippen LogP contribution is -2.24. The Morgan fingerprint density at radius 3 is 2.70 bits per heavy atom. The van der Waals surface area contributed by atoms with E-state index >= 15 is 0 Å². The van der Waals surface area contributed by atoms with Gasteiger partial charge >= 0.3 is 0 Å². The van der Waals surface area contributed by atoms with E-state index < -0.39 is 0 Å². The van der Waals surface area contributed by atoms with Gasteiger partial charge in [-0.1, -0.05) is 6.92 Å². The molecule has 0 saturated heterocycles. The van der Waals surface area contributed by atoms with Crippen LogP contribution in [0.25, 0.3) is 0 Å². The fraction of sp³-hybridized carbons (Fsp3) is 0.294. The second kappa shape index (κ2) is 6.16. The Morgan fingerprint density at radius 1 is 1.22 bits per heavy atom. The molecule has 0 atom stereocenters. The molecule has 1 aliphatic heterocycles. The highest BCUT2D eigenvalue weighted by Crippen LogP contribution is 2.32. The van der Waals surface area contributed by atoms with Gasteiger partial charge in [-0.25, -0.2) is 0 Å². The van der Waals surface area contributed by atoms with Crippen LogP contribution in [0.2, 0.25) is 0 Å². The van der Waals surface area contributed by atoms with Gasteiger partial charge in [0.05, 0.1) is 5.56 Å². The van der Waals surface area contributed by atoms with Crippen molar-refractivity contribution < 1.29 is 14.3 Å². The van der Waals surface area contributed by atoms with E-state index in [0.717, 1.165) is 0 Å². The van der Waals surface area contributed by atoms with Crippen LogP contribution >= 0.6 is 0 Å². The Hall–Kier alpha value is -2.76. The molecule has 0 unspecified atom stereocenters. The normalized spacial score (nSPS) is 12.8. The third-order valence-corrected chi connectivity index (χ3v) is 3.70. The van der Waals surface area contributed by atoms with Crippen molar-refractivity contribution in [3.8, 4) is 11.5 Å². The Balaban J connectivity index is 1.84. The maximum Gasteiger partial charge on any atom is 0.257 e. The Kier molecular flexibility index (Phi) is 4.06.